The Morgan fingerprint density at radius 1 is 1.09 bits per heavy atom. The molecule has 2 aromatic rings. The number of benzene rings is 1. The van der Waals surface area contributed by atoms with E-state index in [4.69, 9.17) is 16.3 Å². The van der Waals surface area contributed by atoms with E-state index in [1.54, 1.807) is 4.57 Å². The van der Waals surface area contributed by atoms with Crippen molar-refractivity contribution in [2.75, 3.05) is 31.1 Å². The van der Waals surface area contributed by atoms with Gasteiger partial charge in [0.05, 0.1) is 5.69 Å². The number of likely N-dealkylation sites (tertiary alicyclic amines) is 1. The van der Waals surface area contributed by atoms with E-state index in [2.05, 4.69) is 46.5 Å². The molecule has 3 heterocycles. The number of fused-ring (bicyclic) bond motifs is 1. The summed E-state index contributed by atoms with van der Waals surface area (Å²) in [7, 11) is 0. The summed E-state index contributed by atoms with van der Waals surface area (Å²) in [5, 5.41) is 0. The van der Waals surface area contributed by atoms with Crippen molar-refractivity contribution >= 4 is 12.2 Å². The van der Waals surface area contributed by atoms with Gasteiger partial charge < -0.3 is 22.1 Å². The molecule has 2 unspecified atom stereocenters. The van der Waals surface area contributed by atoms with Crippen molar-refractivity contribution in [1.82, 2.24) is 14.5 Å². The largest absolute Gasteiger partial charge is 0.372 e. The average molecular weight is 482 g/mol. The molecule has 1 amide bonds. The predicted octanol–water partition coefficient (Wildman–Crippen LogP) is 1.07. The van der Waals surface area contributed by atoms with Crippen molar-refractivity contribution in [3.63, 3.8) is 0 Å². The zero-order chi connectivity index (χ0) is 25.2. The first-order chi connectivity index (χ1) is 16.7. The normalized spacial score (nSPS) is 24.5. The second kappa shape index (κ2) is 10.5. The number of hydrogen-bond donors (Lipinski definition) is 3. The number of anilines is 1. The Morgan fingerprint density at radius 2 is 1.69 bits per heavy atom. The summed E-state index contributed by atoms with van der Waals surface area (Å²) in [4.78, 5) is 30.4. The van der Waals surface area contributed by atoms with Gasteiger partial charge in [-0.05, 0) is 74.6 Å². The van der Waals surface area contributed by atoms with Crippen molar-refractivity contribution in [3.8, 4) is 5.69 Å². The number of rotatable bonds is 6. The van der Waals surface area contributed by atoms with E-state index in [1.165, 1.54) is 5.56 Å². The van der Waals surface area contributed by atoms with Gasteiger partial charge in [-0.2, -0.15) is 4.98 Å². The maximum absolute atomic E-state index is 12.8. The van der Waals surface area contributed by atoms with Crippen LogP contribution in [0.4, 0.5) is 5.82 Å². The highest BCUT2D eigenvalue weighted by Gasteiger charge is 2.53. The zero-order valence-corrected chi connectivity index (χ0v) is 20.8. The van der Waals surface area contributed by atoms with Crippen LogP contribution in [0.25, 0.3) is 5.69 Å². The van der Waals surface area contributed by atoms with Gasteiger partial charge in [-0.1, -0.05) is 12.1 Å². The number of amides is 1. The Kier molecular flexibility index (Phi) is 7.59. The highest BCUT2D eigenvalue weighted by atomic mass is 16.1. The maximum atomic E-state index is 12.8. The average Bonchev–Trinajstić information content (AvgIpc) is 3.20. The summed E-state index contributed by atoms with van der Waals surface area (Å²) in [5.74, 6) is 2.83. The SMILES string of the molecule is CC(C)(N)CC1CCN(c2ccn(-c3ccc(CN4CC5C(N)C5C4)cc3)c(=O)n2)CC1.NC=O. The molecule has 190 valence electrons. The first-order valence-corrected chi connectivity index (χ1v) is 12.5. The van der Waals surface area contributed by atoms with Gasteiger partial charge in [0.25, 0.3) is 0 Å². The Hall–Kier alpha value is -2.75. The number of nitrogens with two attached hydrogens (primary N) is 3. The lowest BCUT2D eigenvalue weighted by molar-refractivity contribution is -0.106. The molecule has 0 spiro atoms. The Labute approximate surface area is 207 Å². The third-order valence-electron chi connectivity index (χ3n) is 7.50. The van der Waals surface area contributed by atoms with Crippen LogP contribution in [0, 0.1) is 17.8 Å². The fraction of sp³-hybridized carbons (Fsp3) is 0.577. The molecule has 2 aliphatic heterocycles. The molecule has 0 bridgehead atoms. The molecule has 1 aromatic carbocycles. The van der Waals surface area contributed by atoms with Crippen LogP contribution in [0.2, 0.25) is 0 Å². The van der Waals surface area contributed by atoms with Gasteiger partial charge in [-0.3, -0.25) is 14.3 Å². The topological polar surface area (TPSA) is 136 Å². The van der Waals surface area contributed by atoms with Gasteiger partial charge in [0.15, 0.2) is 0 Å². The molecule has 35 heavy (non-hydrogen) atoms. The number of piperidine rings is 2. The Bertz CT molecular complexity index is 1040. The first-order valence-electron chi connectivity index (χ1n) is 12.5. The lowest BCUT2D eigenvalue weighted by atomic mass is 9.85. The van der Waals surface area contributed by atoms with Crippen LogP contribution in [0.3, 0.4) is 0 Å². The summed E-state index contributed by atoms with van der Waals surface area (Å²) >= 11 is 0. The number of nitrogens with zero attached hydrogens (tertiary/aromatic N) is 4. The molecule has 3 aliphatic rings. The van der Waals surface area contributed by atoms with E-state index in [9.17, 15) is 4.79 Å². The second-order valence-corrected chi connectivity index (χ2v) is 11.0. The highest BCUT2D eigenvalue weighted by Crippen LogP contribution is 2.44. The number of aromatic nitrogens is 2. The molecular formula is C26H39N7O2. The standard InChI is InChI=1S/C25H36N6O.CH3NO/c1-25(2,27)13-17-7-10-30(11-8-17)22-9-12-31(24(32)28-22)19-5-3-18(4-6-19)14-29-15-20-21(16-29)23(20)26;2-1-3/h3-6,9,12,17,20-21,23H,7-8,10-11,13-16,26-27H2,1-2H3;1H,(H2,2,3). The number of carbonyl (C=O) groups is 1. The maximum Gasteiger partial charge on any atom is 0.354 e. The van der Waals surface area contributed by atoms with E-state index in [0.717, 1.165) is 63.5 Å². The number of primary amides is 1. The van der Waals surface area contributed by atoms with E-state index in [-0.39, 0.29) is 17.6 Å². The third kappa shape index (κ3) is 6.28. The molecule has 6 N–H and O–H groups in total. The van der Waals surface area contributed by atoms with Crippen LogP contribution in [0.15, 0.2) is 41.3 Å². The Balaban J connectivity index is 0.000000917. The minimum absolute atomic E-state index is 0.122. The molecule has 1 saturated carbocycles. The molecule has 9 heteroatoms. The van der Waals surface area contributed by atoms with Crippen LogP contribution in [-0.4, -0.2) is 58.6 Å². The highest BCUT2D eigenvalue weighted by molar-refractivity contribution is 5.42. The monoisotopic (exact) mass is 481 g/mol. The fourth-order valence-corrected chi connectivity index (χ4v) is 5.69. The van der Waals surface area contributed by atoms with Crippen LogP contribution in [0.5, 0.6) is 0 Å². The molecule has 3 fully saturated rings. The van der Waals surface area contributed by atoms with Crippen LogP contribution in [0.1, 0.15) is 38.7 Å². The van der Waals surface area contributed by atoms with E-state index in [1.807, 2.05) is 24.4 Å². The molecule has 1 aliphatic carbocycles. The lowest BCUT2D eigenvalue weighted by Crippen LogP contribution is -2.40. The minimum atomic E-state index is -0.228. The van der Waals surface area contributed by atoms with Crippen molar-refractivity contribution in [1.29, 1.82) is 0 Å². The second-order valence-electron chi connectivity index (χ2n) is 11.0. The minimum Gasteiger partial charge on any atom is -0.372 e. The van der Waals surface area contributed by atoms with Gasteiger partial charge in [0, 0.05) is 50.5 Å². The summed E-state index contributed by atoms with van der Waals surface area (Å²) in [6.45, 7) is 9.21. The first kappa shape index (κ1) is 25.3. The van der Waals surface area contributed by atoms with Crippen molar-refractivity contribution in [3.05, 3.63) is 52.6 Å². The van der Waals surface area contributed by atoms with Gasteiger partial charge in [0.2, 0.25) is 6.41 Å². The van der Waals surface area contributed by atoms with Crippen LogP contribution < -0.4 is 27.8 Å². The molecular weight excluding hydrogens is 442 g/mol. The predicted molar refractivity (Wildman–Crippen MR) is 138 cm³/mol. The van der Waals surface area contributed by atoms with Crippen LogP contribution >= 0.6 is 0 Å². The Morgan fingerprint density at radius 3 is 2.23 bits per heavy atom. The van der Waals surface area contributed by atoms with Crippen molar-refractivity contribution in [2.24, 2.45) is 35.0 Å². The molecule has 9 nitrogen and oxygen atoms in total. The summed E-state index contributed by atoms with van der Waals surface area (Å²) in [6, 6.07) is 10.6. The van der Waals surface area contributed by atoms with E-state index >= 15 is 0 Å². The summed E-state index contributed by atoms with van der Waals surface area (Å²) < 4.78 is 1.63. The van der Waals surface area contributed by atoms with E-state index < -0.39 is 0 Å². The van der Waals surface area contributed by atoms with Crippen LogP contribution in [-0.2, 0) is 11.3 Å². The summed E-state index contributed by atoms with van der Waals surface area (Å²) in [5.41, 5.74) is 18.2. The molecule has 5 rings (SSSR count). The molecule has 2 atom stereocenters. The quantitative estimate of drug-likeness (QED) is 0.525. The molecule has 2 saturated heterocycles. The van der Waals surface area contributed by atoms with E-state index in [0.29, 0.717) is 23.8 Å². The number of carbonyl (C=O) groups excluding carboxylic acids is 1. The van der Waals surface area contributed by atoms with Crippen molar-refractivity contribution in [2.45, 2.75) is 51.2 Å². The van der Waals surface area contributed by atoms with Crippen molar-refractivity contribution < 1.29 is 4.79 Å². The van der Waals surface area contributed by atoms with Gasteiger partial charge in [-0.15, -0.1) is 0 Å². The fourth-order valence-electron chi connectivity index (χ4n) is 5.69. The summed E-state index contributed by atoms with van der Waals surface area (Å²) in [6.07, 6.45) is 5.33. The lowest BCUT2D eigenvalue weighted by Gasteiger charge is -2.35. The molecule has 1 aromatic heterocycles. The zero-order valence-electron chi connectivity index (χ0n) is 20.8. The third-order valence-corrected chi connectivity index (χ3v) is 7.50. The van der Waals surface area contributed by atoms with Gasteiger partial charge in [-0.25, -0.2) is 4.79 Å². The smallest absolute Gasteiger partial charge is 0.354 e. The molecule has 0 radical (unpaired) electrons. The number of hydrogen-bond acceptors (Lipinski definition) is 7. The van der Waals surface area contributed by atoms with Gasteiger partial charge in [0.1, 0.15) is 5.82 Å². The van der Waals surface area contributed by atoms with Gasteiger partial charge >= 0.3 is 5.69 Å².